The molecule has 4 heteroatoms. The molecule has 0 saturated carbocycles. The lowest BCUT2D eigenvalue weighted by Crippen LogP contribution is -2.52. The predicted molar refractivity (Wildman–Crippen MR) is 89.0 cm³/mol. The van der Waals surface area contributed by atoms with Crippen LogP contribution in [0.3, 0.4) is 0 Å². The molecular weight excluding hydrogens is 290 g/mol. The van der Waals surface area contributed by atoms with Crippen LogP contribution in [0.2, 0.25) is 0 Å². The average Bonchev–Trinajstić information content (AvgIpc) is 2.56. The van der Waals surface area contributed by atoms with Crippen LogP contribution in [0.15, 0.2) is 54.6 Å². The van der Waals surface area contributed by atoms with Gasteiger partial charge in [0.25, 0.3) is 0 Å². The number of aliphatic carboxylic acids is 1. The lowest BCUT2D eigenvalue weighted by molar-refractivity contribution is -0.164. The first kappa shape index (κ1) is 15.7. The van der Waals surface area contributed by atoms with Crippen molar-refractivity contribution in [1.82, 2.24) is 4.90 Å². The number of nitrogens with zero attached hydrogens (tertiary/aromatic N) is 1. The van der Waals surface area contributed by atoms with Gasteiger partial charge in [0, 0.05) is 13.1 Å². The molecule has 2 aromatic carbocycles. The predicted octanol–water partition coefficient (Wildman–Crippen LogP) is 2.77. The third kappa shape index (κ3) is 3.60. The molecule has 1 saturated heterocycles. The van der Waals surface area contributed by atoms with Crippen molar-refractivity contribution in [1.29, 1.82) is 0 Å². The van der Waals surface area contributed by atoms with Crippen LogP contribution in [0, 0.1) is 0 Å². The Hall–Kier alpha value is -2.17. The second-order valence-corrected chi connectivity index (χ2v) is 6.21. The highest BCUT2D eigenvalue weighted by molar-refractivity contribution is 5.77. The van der Waals surface area contributed by atoms with E-state index in [1.165, 1.54) is 5.56 Å². The summed E-state index contributed by atoms with van der Waals surface area (Å²) < 4.78 is 0. The van der Waals surface area contributed by atoms with Crippen LogP contribution in [0.25, 0.3) is 11.1 Å². The number of carbonyl (C=O) groups is 1. The van der Waals surface area contributed by atoms with Crippen LogP contribution in [-0.4, -0.2) is 39.8 Å². The first-order valence-electron chi connectivity index (χ1n) is 7.89. The Labute approximate surface area is 136 Å². The highest BCUT2D eigenvalue weighted by Gasteiger charge is 2.40. The molecule has 0 aliphatic carbocycles. The fourth-order valence-electron chi connectivity index (χ4n) is 3.12. The minimum absolute atomic E-state index is 0.183. The number of rotatable bonds is 4. The molecule has 1 heterocycles. The Morgan fingerprint density at radius 3 is 2.35 bits per heavy atom. The van der Waals surface area contributed by atoms with Crippen LogP contribution in [0.1, 0.15) is 18.4 Å². The van der Waals surface area contributed by atoms with Gasteiger partial charge in [-0.25, -0.2) is 4.79 Å². The van der Waals surface area contributed by atoms with Gasteiger partial charge in [-0.05, 0) is 36.1 Å². The third-order valence-electron chi connectivity index (χ3n) is 4.42. The first-order valence-corrected chi connectivity index (χ1v) is 7.89. The summed E-state index contributed by atoms with van der Waals surface area (Å²) >= 11 is 0. The Morgan fingerprint density at radius 2 is 1.70 bits per heavy atom. The Bertz CT molecular complexity index is 669. The van der Waals surface area contributed by atoms with Crippen LogP contribution < -0.4 is 0 Å². The monoisotopic (exact) mass is 311 g/mol. The van der Waals surface area contributed by atoms with E-state index in [1.807, 2.05) is 23.1 Å². The number of benzene rings is 2. The van der Waals surface area contributed by atoms with Crippen molar-refractivity contribution in [3.05, 3.63) is 60.2 Å². The van der Waals surface area contributed by atoms with Crippen molar-refractivity contribution in [2.75, 3.05) is 13.1 Å². The van der Waals surface area contributed by atoms with Gasteiger partial charge in [-0.1, -0.05) is 54.6 Å². The van der Waals surface area contributed by atoms with E-state index in [0.717, 1.165) is 17.7 Å². The maximum Gasteiger partial charge on any atom is 0.337 e. The van der Waals surface area contributed by atoms with Gasteiger partial charge in [-0.15, -0.1) is 0 Å². The number of piperidine rings is 1. The molecule has 0 amide bonds. The van der Waals surface area contributed by atoms with Crippen LogP contribution >= 0.6 is 0 Å². The van der Waals surface area contributed by atoms with E-state index in [0.29, 0.717) is 19.4 Å². The summed E-state index contributed by atoms with van der Waals surface area (Å²) in [5, 5.41) is 19.3. The average molecular weight is 311 g/mol. The van der Waals surface area contributed by atoms with Gasteiger partial charge in [0.1, 0.15) is 0 Å². The number of carboxylic acids is 1. The summed E-state index contributed by atoms with van der Waals surface area (Å²) in [6.07, 6.45) is 1.02. The van der Waals surface area contributed by atoms with Gasteiger partial charge in [-0.3, -0.25) is 4.90 Å². The van der Waals surface area contributed by atoms with Crippen LogP contribution in [-0.2, 0) is 11.3 Å². The first-order chi connectivity index (χ1) is 11.1. The molecule has 1 unspecified atom stereocenters. The van der Waals surface area contributed by atoms with Crippen LogP contribution in [0.5, 0.6) is 0 Å². The van der Waals surface area contributed by atoms with Crippen molar-refractivity contribution < 1.29 is 15.0 Å². The number of carboxylic acid groups (broad SMARTS) is 1. The van der Waals surface area contributed by atoms with Crippen molar-refractivity contribution >= 4 is 5.97 Å². The van der Waals surface area contributed by atoms with Gasteiger partial charge in [0.05, 0.1) is 0 Å². The summed E-state index contributed by atoms with van der Waals surface area (Å²) in [6, 6.07) is 18.5. The summed E-state index contributed by atoms with van der Waals surface area (Å²) in [7, 11) is 0. The van der Waals surface area contributed by atoms with E-state index >= 15 is 0 Å². The molecule has 1 fully saturated rings. The number of hydrogen-bond donors (Lipinski definition) is 2. The minimum Gasteiger partial charge on any atom is -0.479 e. The minimum atomic E-state index is -1.61. The number of likely N-dealkylation sites (tertiary alicyclic amines) is 1. The van der Waals surface area contributed by atoms with Crippen molar-refractivity contribution in [3.63, 3.8) is 0 Å². The van der Waals surface area contributed by atoms with Gasteiger partial charge >= 0.3 is 5.97 Å². The molecule has 0 aromatic heterocycles. The molecule has 3 rings (SSSR count). The zero-order valence-corrected chi connectivity index (χ0v) is 13.0. The Morgan fingerprint density at radius 1 is 1.04 bits per heavy atom. The molecule has 2 N–H and O–H groups in total. The van der Waals surface area contributed by atoms with E-state index in [2.05, 4.69) is 36.4 Å². The zero-order chi connectivity index (χ0) is 16.3. The van der Waals surface area contributed by atoms with Crippen LogP contribution in [0.4, 0.5) is 0 Å². The van der Waals surface area contributed by atoms with Gasteiger partial charge in [-0.2, -0.15) is 0 Å². The molecule has 1 aliphatic heterocycles. The van der Waals surface area contributed by atoms with E-state index in [4.69, 9.17) is 5.11 Å². The number of hydrogen-bond acceptors (Lipinski definition) is 3. The van der Waals surface area contributed by atoms with Gasteiger partial charge < -0.3 is 10.2 Å². The van der Waals surface area contributed by atoms with Crippen molar-refractivity contribution in [3.8, 4) is 11.1 Å². The standard InChI is InChI=1S/C19H21NO3/c21-18(22)19(23)11-4-12-20(14-19)13-15-7-9-17(10-8-15)16-5-2-1-3-6-16/h1-3,5-10,23H,4,11-14H2,(H,21,22). The normalized spacial score (nSPS) is 22.0. The Kier molecular flexibility index (Phi) is 4.46. The topological polar surface area (TPSA) is 60.8 Å². The molecular formula is C19H21NO3. The van der Waals surface area contributed by atoms with Gasteiger partial charge in [0.15, 0.2) is 5.60 Å². The quantitative estimate of drug-likeness (QED) is 0.911. The highest BCUT2D eigenvalue weighted by atomic mass is 16.4. The van der Waals surface area contributed by atoms with Crippen molar-refractivity contribution in [2.45, 2.75) is 25.0 Å². The third-order valence-corrected chi connectivity index (χ3v) is 4.42. The number of β-amino-alcohol motifs (C(OH)–C–C–N with tert-alkyl or cyclic N) is 1. The van der Waals surface area contributed by atoms with E-state index in [1.54, 1.807) is 0 Å². The second-order valence-electron chi connectivity index (χ2n) is 6.21. The fourth-order valence-corrected chi connectivity index (χ4v) is 3.12. The second kappa shape index (κ2) is 6.52. The maximum absolute atomic E-state index is 11.2. The lowest BCUT2D eigenvalue weighted by atomic mass is 9.92. The summed E-state index contributed by atoms with van der Waals surface area (Å²) in [6.45, 7) is 1.66. The van der Waals surface area contributed by atoms with E-state index in [9.17, 15) is 9.90 Å². The molecule has 120 valence electrons. The molecule has 4 nitrogen and oxygen atoms in total. The molecule has 1 aliphatic rings. The molecule has 2 aromatic rings. The molecule has 0 spiro atoms. The maximum atomic E-state index is 11.2. The summed E-state index contributed by atoms with van der Waals surface area (Å²) in [5.41, 5.74) is 1.86. The number of aliphatic hydroxyl groups is 1. The summed E-state index contributed by atoms with van der Waals surface area (Å²) in [5.74, 6) is -1.12. The molecule has 0 radical (unpaired) electrons. The van der Waals surface area contributed by atoms with E-state index in [-0.39, 0.29) is 6.54 Å². The van der Waals surface area contributed by atoms with Crippen molar-refractivity contribution in [2.24, 2.45) is 0 Å². The highest BCUT2D eigenvalue weighted by Crippen LogP contribution is 2.24. The Balaban J connectivity index is 1.68. The molecule has 0 bridgehead atoms. The molecule has 23 heavy (non-hydrogen) atoms. The fraction of sp³-hybridized carbons (Fsp3) is 0.316. The molecule has 1 atom stereocenters. The van der Waals surface area contributed by atoms with E-state index < -0.39 is 11.6 Å². The summed E-state index contributed by atoms with van der Waals surface area (Å²) in [4.78, 5) is 13.2. The zero-order valence-electron chi connectivity index (χ0n) is 13.0. The van der Waals surface area contributed by atoms with Gasteiger partial charge in [0.2, 0.25) is 0 Å². The lowest BCUT2D eigenvalue weighted by Gasteiger charge is -2.36. The SMILES string of the molecule is O=C(O)C1(O)CCCN(Cc2ccc(-c3ccccc3)cc2)C1. The smallest absolute Gasteiger partial charge is 0.337 e. The largest absolute Gasteiger partial charge is 0.479 e.